The number of para-hydroxylation sites is 2. The molecule has 0 aromatic heterocycles. The van der Waals surface area contributed by atoms with E-state index in [1.807, 2.05) is 43.3 Å². The van der Waals surface area contributed by atoms with E-state index in [2.05, 4.69) is 5.32 Å². The van der Waals surface area contributed by atoms with Crippen molar-refractivity contribution >= 4 is 17.5 Å². The molecule has 2 unspecified atom stereocenters. The molecule has 1 N–H and O–H groups in total. The third-order valence-corrected chi connectivity index (χ3v) is 4.87. The van der Waals surface area contributed by atoms with E-state index in [4.69, 9.17) is 14.2 Å². The molecule has 2 heterocycles. The molecule has 2 aliphatic rings. The molecule has 0 spiro atoms. The van der Waals surface area contributed by atoms with Crippen LogP contribution < -0.4 is 24.4 Å². The fourth-order valence-corrected chi connectivity index (χ4v) is 3.39. The number of hydrogen-bond donors (Lipinski definition) is 1. The standard InChI is InChI=1S/C21H22N2O5/c1-13(15-7-8-18-19(11-15)27-10-9-26-18)22-21(25)20-12-23(14(2)24)16-5-3-4-6-17(16)28-20/h3-8,11,13,20H,9-10,12H2,1-2H3,(H,22,25). The Hall–Kier alpha value is -3.22. The zero-order valence-corrected chi connectivity index (χ0v) is 15.8. The Morgan fingerprint density at radius 1 is 1.07 bits per heavy atom. The van der Waals surface area contributed by atoms with Crippen molar-refractivity contribution in [2.24, 2.45) is 0 Å². The Morgan fingerprint density at radius 2 is 1.82 bits per heavy atom. The lowest BCUT2D eigenvalue weighted by molar-refractivity contribution is -0.129. The molecule has 4 rings (SSSR count). The van der Waals surface area contributed by atoms with Crippen LogP contribution in [0.25, 0.3) is 0 Å². The van der Waals surface area contributed by atoms with Crippen molar-refractivity contribution in [1.29, 1.82) is 0 Å². The molecule has 2 aliphatic heterocycles. The van der Waals surface area contributed by atoms with Crippen LogP contribution in [0, 0.1) is 0 Å². The van der Waals surface area contributed by atoms with Gasteiger partial charge >= 0.3 is 0 Å². The van der Waals surface area contributed by atoms with Crippen LogP contribution in [-0.4, -0.2) is 37.7 Å². The quantitative estimate of drug-likeness (QED) is 0.882. The summed E-state index contributed by atoms with van der Waals surface area (Å²) in [5.41, 5.74) is 1.58. The maximum absolute atomic E-state index is 12.8. The number of benzene rings is 2. The molecule has 0 fully saturated rings. The summed E-state index contributed by atoms with van der Waals surface area (Å²) in [7, 11) is 0. The number of hydrogen-bond acceptors (Lipinski definition) is 5. The number of fused-ring (bicyclic) bond motifs is 2. The van der Waals surface area contributed by atoms with E-state index in [9.17, 15) is 9.59 Å². The number of anilines is 1. The average Bonchev–Trinajstić information content (AvgIpc) is 2.72. The van der Waals surface area contributed by atoms with Crippen molar-refractivity contribution in [1.82, 2.24) is 5.32 Å². The summed E-state index contributed by atoms with van der Waals surface area (Å²) >= 11 is 0. The van der Waals surface area contributed by atoms with Crippen molar-refractivity contribution in [2.75, 3.05) is 24.7 Å². The van der Waals surface area contributed by atoms with Gasteiger partial charge in [-0.1, -0.05) is 18.2 Å². The maximum Gasteiger partial charge on any atom is 0.263 e. The summed E-state index contributed by atoms with van der Waals surface area (Å²) < 4.78 is 17.0. The van der Waals surface area contributed by atoms with Crippen LogP contribution in [0.5, 0.6) is 17.2 Å². The van der Waals surface area contributed by atoms with Crippen LogP contribution in [0.15, 0.2) is 42.5 Å². The molecule has 2 atom stereocenters. The van der Waals surface area contributed by atoms with Crippen molar-refractivity contribution in [3.63, 3.8) is 0 Å². The van der Waals surface area contributed by atoms with Crippen LogP contribution >= 0.6 is 0 Å². The van der Waals surface area contributed by atoms with Gasteiger partial charge in [0.1, 0.15) is 19.0 Å². The summed E-state index contributed by atoms with van der Waals surface area (Å²) in [6.45, 7) is 4.59. The van der Waals surface area contributed by atoms with Crippen molar-refractivity contribution in [3.05, 3.63) is 48.0 Å². The van der Waals surface area contributed by atoms with Gasteiger partial charge in [-0.25, -0.2) is 0 Å². The van der Waals surface area contributed by atoms with Crippen LogP contribution in [0.3, 0.4) is 0 Å². The second-order valence-electron chi connectivity index (χ2n) is 6.84. The second-order valence-corrected chi connectivity index (χ2v) is 6.84. The number of rotatable bonds is 3. The molecule has 2 aromatic rings. The summed E-state index contributed by atoms with van der Waals surface area (Å²) in [4.78, 5) is 26.4. The summed E-state index contributed by atoms with van der Waals surface area (Å²) in [5, 5.41) is 2.96. The van der Waals surface area contributed by atoms with Crippen molar-refractivity contribution < 1.29 is 23.8 Å². The largest absolute Gasteiger partial charge is 0.486 e. The number of nitrogens with one attached hydrogen (secondary N) is 1. The van der Waals surface area contributed by atoms with Gasteiger partial charge in [0.25, 0.3) is 5.91 Å². The minimum Gasteiger partial charge on any atom is -0.486 e. The molecule has 7 heteroatoms. The van der Waals surface area contributed by atoms with Gasteiger partial charge in [-0.15, -0.1) is 0 Å². The smallest absolute Gasteiger partial charge is 0.263 e. The molecule has 0 bridgehead atoms. The van der Waals surface area contributed by atoms with Gasteiger partial charge < -0.3 is 24.4 Å². The molecular formula is C21H22N2O5. The minimum absolute atomic E-state index is 0.131. The molecule has 0 aliphatic carbocycles. The van der Waals surface area contributed by atoms with Gasteiger partial charge in [-0.05, 0) is 36.8 Å². The number of ether oxygens (including phenoxy) is 3. The van der Waals surface area contributed by atoms with Gasteiger partial charge in [0.2, 0.25) is 5.91 Å². The first-order valence-electron chi connectivity index (χ1n) is 9.26. The number of nitrogens with zero attached hydrogens (tertiary/aromatic N) is 1. The highest BCUT2D eigenvalue weighted by atomic mass is 16.6. The first kappa shape index (κ1) is 18.2. The predicted octanol–water partition coefficient (Wildman–Crippen LogP) is 2.45. The molecule has 2 aromatic carbocycles. The fraction of sp³-hybridized carbons (Fsp3) is 0.333. The zero-order valence-electron chi connectivity index (χ0n) is 15.8. The Labute approximate surface area is 163 Å². The summed E-state index contributed by atoms with van der Waals surface area (Å²) in [6.07, 6.45) is -0.779. The number of carbonyl (C=O) groups excluding carboxylic acids is 2. The van der Waals surface area contributed by atoms with E-state index in [0.29, 0.717) is 36.1 Å². The number of amides is 2. The Kier molecular flexibility index (Phi) is 4.81. The lowest BCUT2D eigenvalue weighted by Crippen LogP contribution is -2.50. The Balaban J connectivity index is 1.48. The summed E-state index contributed by atoms with van der Waals surface area (Å²) in [5.74, 6) is 1.50. The fourth-order valence-electron chi connectivity index (χ4n) is 3.39. The van der Waals surface area contributed by atoms with E-state index in [0.717, 1.165) is 5.56 Å². The number of carbonyl (C=O) groups is 2. The third kappa shape index (κ3) is 3.47. The molecule has 7 nitrogen and oxygen atoms in total. The Bertz CT molecular complexity index is 913. The molecule has 146 valence electrons. The van der Waals surface area contributed by atoms with E-state index >= 15 is 0 Å². The minimum atomic E-state index is -0.779. The average molecular weight is 382 g/mol. The zero-order chi connectivity index (χ0) is 19.7. The van der Waals surface area contributed by atoms with Crippen LogP contribution in [0.4, 0.5) is 5.69 Å². The third-order valence-electron chi connectivity index (χ3n) is 4.87. The van der Waals surface area contributed by atoms with Crippen molar-refractivity contribution in [2.45, 2.75) is 26.0 Å². The maximum atomic E-state index is 12.8. The topological polar surface area (TPSA) is 77.1 Å². The lowest BCUT2D eigenvalue weighted by atomic mass is 10.1. The molecule has 2 amide bonds. The molecule has 0 radical (unpaired) electrons. The first-order valence-corrected chi connectivity index (χ1v) is 9.26. The van der Waals surface area contributed by atoms with E-state index in [1.165, 1.54) is 6.92 Å². The normalized spacial score (nSPS) is 18.5. The molecular weight excluding hydrogens is 360 g/mol. The van der Waals surface area contributed by atoms with Crippen LogP contribution in [0.2, 0.25) is 0 Å². The van der Waals surface area contributed by atoms with Gasteiger partial charge in [0.15, 0.2) is 17.6 Å². The predicted molar refractivity (Wildman–Crippen MR) is 103 cm³/mol. The first-order chi connectivity index (χ1) is 13.5. The highest BCUT2D eigenvalue weighted by Crippen LogP contribution is 2.34. The second kappa shape index (κ2) is 7.42. The van der Waals surface area contributed by atoms with E-state index in [-0.39, 0.29) is 24.4 Å². The highest BCUT2D eigenvalue weighted by Gasteiger charge is 2.33. The van der Waals surface area contributed by atoms with Gasteiger partial charge in [0.05, 0.1) is 18.3 Å². The summed E-state index contributed by atoms with van der Waals surface area (Å²) in [6, 6.07) is 12.6. The molecule has 0 saturated heterocycles. The van der Waals surface area contributed by atoms with Crippen LogP contribution in [-0.2, 0) is 9.59 Å². The highest BCUT2D eigenvalue weighted by molar-refractivity contribution is 5.95. The van der Waals surface area contributed by atoms with E-state index in [1.54, 1.807) is 11.0 Å². The molecule has 28 heavy (non-hydrogen) atoms. The van der Waals surface area contributed by atoms with Gasteiger partial charge in [-0.2, -0.15) is 0 Å². The van der Waals surface area contributed by atoms with E-state index < -0.39 is 6.10 Å². The van der Waals surface area contributed by atoms with Crippen molar-refractivity contribution in [3.8, 4) is 17.2 Å². The monoisotopic (exact) mass is 382 g/mol. The SMILES string of the molecule is CC(=O)N1CC(C(=O)NC(C)c2ccc3c(c2)OCCO3)Oc2ccccc21. The van der Waals surface area contributed by atoms with Crippen LogP contribution in [0.1, 0.15) is 25.5 Å². The molecule has 0 saturated carbocycles. The lowest BCUT2D eigenvalue weighted by Gasteiger charge is -2.34. The van der Waals surface area contributed by atoms with Gasteiger partial charge in [0, 0.05) is 6.92 Å². The Morgan fingerprint density at radius 3 is 2.61 bits per heavy atom. The van der Waals surface area contributed by atoms with Gasteiger partial charge in [-0.3, -0.25) is 9.59 Å².